The van der Waals surface area contributed by atoms with Crippen LogP contribution in [0.15, 0.2) is 24.3 Å². The van der Waals surface area contributed by atoms with Gasteiger partial charge in [0.1, 0.15) is 0 Å². The second-order valence-electron chi connectivity index (χ2n) is 5.50. The SMILES string of the molecule is CCCCCCCCCc1ccc([C@@H](C)NN)cc1. The number of benzene rings is 1. The van der Waals surface area contributed by atoms with Gasteiger partial charge in [-0.1, -0.05) is 69.7 Å². The second kappa shape index (κ2) is 9.99. The second-order valence-corrected chi connectivity index (χ2v) is 5.50. The highest BCUT2D eigenvalue weighted by atomic mass is 15.2. The summed E-state index contributed by atoms with van der Waals surface area (Å²) in [5.74, 6) is 5.44. The molecule has 1 aromatic rings. The smallest absolute Gasteiger partial charge is 0.0431 e. The molecule has 0 aliphatic rings. The van der Waals surface area contributed by atoms with E-state index in [0.29, 0.717) is 0 Å². The molecule has 1 atom stereocenters. The lowest BCUT2D eigenvalue weighted by Crippen LogP contribution is -2.25. The van der Waals surface area contributed by atoms with Crippen molar-refractivity contribution < 1.29 is 0 Å². The highest BCUT2D eigenvalue weighted by Crippen LogP contribution is 2.15. The first kappa shape index (κ1) is 16.2. The first-order valence-electron chi connectivity index (χ1n) is 7.83. The van der Waals surface area contributed by atoms with Crippen LogP contribution in [0.3, 0.4) is 0 Å². The highest BCUT2D eigenvalue weighted by Gasteiger charge is 2.02. The fraction of sp³-hybridized carbons (Fsp3) is 0.647. The third-order valence-corrected chi connectivity index (χ3v) is 3.80. The predicted octanol–water partition coefficient (Wildman–Crippen LogP) is 4.50. The van der Waals surface area contributed by atoms with E-state index >= 15 is 0 Å². The molecule has 0 heterocycles. The molecule has 3 N–H and O–H groups in total. The van der Waals surface area contributed by atoms with Crippen LogP contribution in [0.1, 0.15) is 76.0 Å². The van der Waals surface area contributed by atoms with E-state index in [2.05, 4.69) is 43.5 Å². The van der Waals surface area contributed by atoms with Crippen LogP contribution in [0.2, 0.25) is 0 Å². The molecule has 0 saturated heterocycles. The van der Waals surface area contributed by atoms with Crippen molar-refractivity contribution in [2.24, 2.45) is 5.84 Å². The van der Waals surface area contributed by atoms with Crippen LogP contribution in [0.25, 0.3) is 0 Å². The van der Waals surface area contributed by atoms with E-state index in [-0.39, 0.29) is 6.04 Å². The third-order valence-electron chi connectivity index (χ3n) is 3.80. The molecule has 0 unspecified atom stereocenters. The number of unbranched alkanes of at least 4 members (excludes halogenated alkanes) is 6. The summed E-state index contributed by atoms with van der Waals surface area (Å²) in [4.78, 5) is 0. The standard InChI is InChI=1S/C17H30N2/c1-3-4-5-6-7-8-9-10-16-11-13-17(14-12-16)15(2)19-18/h11-15,19H,3-10,18H2,1-2H3/t15-/m1/s1. The fourth-order valence-corrected chi connectivity index (χ4v) is 2.36. The number of hydrogen-bond donors (Lipinski definition) is 2. The van der Waals surface area contributed by atoms with Gasteiger partial charge in [0.2, 0.25) is 0 Å². The van der Waals surface area contributed by atoms with Crippen LogP contribution in [0, 0.1) is 0 Å². The van der Waals surface area contributed by atoms with Gasteiger partial charge < -0.3 is 0 Å². The first-order valence-corrected chi connectivity index (χ1v) is 7.83. The van der Waals surface area contributed by atoms with Crippen LogP contribution in [0.4, 0.5) is 0 Å². The molecule has 0 fully saturated rings. The van der Waals surface area contributed by atoms with Gasteiger partial charge in [0, 0.05) is 6.04 Å². The Hall–Kier alpha value is -0.860. The van der Waals surface area contributed by atoms with E-state index in [1.807, 2.05) is 0 Å². The first-order chi connectivity index (χ1) is 9.27. The molecule has 19 heavy (non-hydrogen) atoms. The lowest BCUT2D eigenvalue weighted by molar-refractivity contribution is 0.588. The van der Waals surface area contributed by atoms with Crippen LogP contribution in [-0.4, -0.2) is 0 Å². The predicted molar refractivity (Wildman–Crippen MR) is 83.9 cm³/mol. The molecule has 2 heteroatoms. The van der Waals surface area contributed by atoms with E-state index in [9.17, 15) is 0 Å². The van der Waals surface area contributed by atoms with Gasteiger partial charge in [0.25, 0.3) is 0 Å². The largest absolute Gasteiger partial charge is 0.271 e. The van der Waals surface area contributed by atoms with E-state index in [4.69, 9.17) is 5.84 Å². The van der Waals surface area contributed by atoms with E-state index < -0.39 is 0 Å². The van der Waals surface area contributed by atoms with Crippen molar-refractivity contribution in [3.8, 4) is 0 Å². The van der Waals surface area contributed by atoms with Crippen molar-refractivity contribution in [1.82, 2.24) is 5.43 Å². The molecule has 0 aliphatic heterocycles. The fourth-order valence-electron chi connectivity index (χ4n) is 2.36. The van der Waals surface area contributed by atoms with Gasteiger partial charge in [0.15, 0.2) is 0 Å². The molecule has 0 bridgehead atoms. The number of hydrazine groups is 1. The number of nitrogens with one attached hydrogen (secondary N) is 1. The minimum atomic E-state index is 0.229. The Labute approximate surface area is 118 Å². The molecule has 2 nitrogen and oxygen atoms in total. The van der Waals surface area contributed by atoms with E-state index in [1.165, 1.54) is 62.5 Å². The maximum Gasteiger partial charge on any atom is 0.0431 e. The summed E-state index contributed by atoms with van der Waals surface area (Å²) in [6, 6.07) is 9.07. The summed E-state index contributed by atoms with van der Waals surface area (Å²) in [5, 5.41) is 0. The highest BCUT2D eigenvalue weighted by molar-refractivity contribution is 5.24. The summed E-state index contributed by atoms with van der Waals surface area (Å²) in [5.41, 5.74) is 5.48. The molecule has 0 aromatic heterocycles. The molecular formula is C17H30N2. The number of rotatable bonds is 10. The lowest BCUT2D eigenvalue weighted by Gasteiger charge is -2.10. The summed E-state index contributed by atoms with van der Waals surface area (Å²) in [6.45, 7) is 4.34. The van der Waals surface area contributed by atoms with Gasteiger partial charge in [-0.3, -0.25) is 11.3 Å². The van der Waals surface area contributed by atoms with Crippen LogP contribution in [-0.2, 0) is 6.42 Å². The Morgan fingerprint density at radius 3 is 2.11 bits per heavy atom. The zero-order chi connectivity index (χ0) is 13.9. The van der Waals surface area contributed by atoms with Crippen molar-refractivity contribution in [2.45, 2.75) is 71.3 Å². The normalized spacial score (nSPS) is 12.6. The Kier molecular flexibility index (Phi) is 8.52. The molecular weight excluding hydrogens is 232 g/mol. The maximum absolute atomic E-state index is 5.44. The Bertz CT molecular complexity index is 319. The number of hydrogen-bond acceptors (Lipinski definition) is 2. The molecule has 1 rings (SSSR count). The average molecular weight is 262 g/mol. The minimum absolute atomic E-state index is 0.229. The van der Waals surface area contributed by atoms with Crippen molar-refractivity contribution in [3.05, 3.63) is 35.4 Å². The Morgan fingerprint density at radius 2 is 1.53 bits per heavy atom. The van der Waals surface area contributed by atoms with Crippen LogP contribution >= 0.6 is 0 Å². The zero-order valence-corrected chi connectivity index (χ0v) is 12.6. The summed E-state index contributed by atoms with van der Waals surface area (Å²) in [6.07, 6.45) is 10.8. The zero-order valence-electron chi connectivity index (χ0n) is 12.6. The van der Waals surface area contributed by atoms with Crippen LogP contribution < -0.4 is 11.3 Å². The molecule has 0 amide bonds. The summed E-state index contributed by atoms with van der Waals surface area (Å²) >= 11 is 0. The third kappa shape index (κ3) is 6.74. The quantitative estimate of drug-likeness (QED) is 0.370. The summed E-state index contributed by atoms with van der Waals surface area (Å²) in [7, 11) is 0. The average Bonchev–Trinajstić information content (AvgIpc) is 2.46. The van der Waals surface area contributed by atoms with Gasteiger partial charge in [-0.05, 0) is 30.9 Å². The van der Waals surface area contributed by atoms with Crippen molar-refractivity contribution in [1.29, 1.82) is 0 Å². The lowest BCUT2D eigenvalue weighted by atomic mass is 10.0. The van der Waals surface area contributed by atoms with Crippen LogP contribution in [0.5, 0.6) is 0 Å². The van der Waals surface area contributed by atoms with Gasteiger partial charge in [-0.15, -0.1) is 0 Å². The molecule has 1 aromatic carbocycles. The molecule has 0 spiro atoms. The minimum Gasteiger partial charge on any atom is -0.271 e. The van der Waals surface area contributed by atoms with Gasteiger partial charge >= 0.3 is 0 Å². The van der Waals surface area contributed by atoms with Gasteiger partial charge in [0.05, 0.1) is 0 Å². The van der Waals surface area contributed by atoms with Gasteiger partial charge in [-0.25, -0.2) is 0 Å². The number of nitrogens with two attached hydrogens (primary N) is 1. The molecule has 108 valence electrons. The van der Waals surface area contributed by atoms with Gasteiger partial charge in [-0.2, -0.15) is 0 Å². The van der Waals surface area contributed by atoms with Crippen molar-refractivity contribution in [2.75, 3.05) is 0 Å². The topological polar surface area (TPSA) is 38.0 Å². The monoisotopic (exact) mass is 262 g/mol. The van der Waals surface area contributed by atoms with Crippen molar-refractivity contribution >= 4 is 0 Å². The molecule has 0 radical (unpaired) electrons. The Morgan fingerprint density at radius 1 is 0.947 bits per heavy atom. The van der Waals surface area contributed by atoms with Crippen molar-refractivity contribution in [3.63, 3.8) is 0 Å². The van der Waals surface area contributed by atoms with E-state index in [1.54, 1.807) is 0 Å². The summed E-state index contributed by atoms with van der Waals surface area (Å²) < 4.78 is 0. The Balaban J connectivity index is 2.16. The maximum atomic E-state index is 5.44. The molecule has 0 saturated carbocycles. The van der Waals surface area contributed by atoms with E-state index in [0.717, 1.165) is 0 Å². The number of aryl methyl sites for hydroxylation is 1. The molecule has 0 aliphatic carbocycles.